The minimum Gasteiger partial charge on any atom is -0.455 e. The van der Waals surface area contributed by atoms with Gasteiger partial charge in [-0.15, -0.1) is 0 Å². The lowest BCUT2D eigenvalue weighted by Crippen LogP contribution is -2.17. The van der Waals surface area contributed by atoms with Crippen LogP contribution in [0.3, 0.4) is 0 Å². The number of para-hydroxylation sites is 1. The van der Waals surface area contributed by atoms with E-state index >= 15 is 0 Å². The number of furan rings is 1. The lowest BCUT2D eigenvalue weighted by molar-refractivity contribution is 0.658. The van der Waals surface area contributed by atoms with Crippen molar-refractivity contribution in [1.29, 1.82) is 0 Å². The van der Waals surface area contributed by atoms with E-state index in [9.17, 15) is 0 Å². The molecule has 0 atom stereocenters. The average Bonchev–Trinajstić information content (AvgIpc) is 3.68. The molecule has 0 amide bonds. The zero-order valence-electron chi connectivity index (χ0n) is 27.8. The van der Waals surface area contributed by atoms with Crippen molar-refractivity contribution in [3.63, 3.8) is 0 Å². The first-order valence-corrected chi connectivity index (χ1v) is 17.2. The Morgan fingerprint density at radius 3 is 1.96 bits per heavy atom. The summed E-state index contributed by atoms with van der Waals surface area (Å²) in [6.45, 7) is 4.59. The number of fused-ring (bicyclic) bond motifs is 8. The summed E-state index contributed by atoms with van der Waals surface area (Å²) in [5, 5.41) is 4.73. The molecule has 3 nitrogen and oxygen atoms in total. The highest BCUT2D eigenvalue weighted by molar-refractivity contribution is 6.20. The van der Waals surface area contributed by atoms with Crippen LogP contribution in [-0.4, -0.2) is 9.97 Å². The van der Waals surface area contributed by atoms with Crippen LogP contribution in [0.2, 0.25) is 0 Å². The Kier molecular flexibility index (Phi) is 6.22. The standard InChI is InChI=1S/C47H32N2O/c1-47(2)39-24-9-8-21-37(39)44-42(47)43(48-46(49-44)30-14-4-3-5-15-30)34-19-11-17-32(28-34)31-16-10-18-33(27-31)36-22-12-23-38-41-35-20-7-6-13-29(35)25-26-40(41)50-45(36)38/h3-28H,1-2H3. The Morgan fingerprint density at radius 1 is 0.480 bits per heavy atom. The van der Waals surface area contributed by atoms with Gasteiger partial charge < -0.3 is 4.42 Å². The first kappa shape index (κ1) is 28.7. The molecule has 9 aromatic rings. The van der Waals surface area contributed by atoms with Crippen LogP contribution in [0.25, 0.3) is 88.9 Å². The molecule has 7 aromatic carbocycles. The van der Waals surface area contributed by atoms with E-state index in [-0.39, 0.29) is 5.41 Å². The van der Waals surface area contributed by atoms with E-state index in [2.05, 4.69) is 153 Å². The van der Waals surface area contributed by atoms with Crippen molar-refractivity contribution < 1.29 is 4.42 Å². The molecule has 0 radical (unpaired) electrons. The minimum atomic E-state index is -0.247. The monoisotopic (exact) mass is 640 g/mol. The van der Waals surface area contributed by atoms with Gasteiger partial charge in [-0.05, 0) is 51.2 Å². The van der Waals surface area contributed by atoms with Gasteiger partial charge in [0.05, 0.1) is 11.4 Å². The SMILES string of the molecule is CC1(C)c2ccccc2-c2nc(-c3ccccc3)nc(-c3cccc(-c4cccc(-c5cccc6c5oc5ccc7ccccc7c56)c4)c3)c21. The van der Waals surface area contributed by atoms with Crippen LogP contribution in [-0.2, 0) is 5.41 Å². The molecule has 1 aliphatic rings. The first-order valence-electron chi connectivity index (χ1n) is 17.2. The molecule has 0 spiro atoms. The van der Waals surface area contributed by atoms with E-state index in [1.807, 2.05) is 18.2 Å². The predicted octanol–water partition coefficient (Wildman–Crippen LogP) is 12.5. The van der Waals surface area contributed by atoms with Gasteiger partial charge in [0.2, 0.25) is 0 Å². The first-order chi connectivity index (χ1) is 24.5. The van der Waals surface area contributed by atoms with Gasteiger partial charge in [0.15, 0.2) is 5.82 Å². The van der Waals surface area contributed by atoms with Gasteiger partial charge in [-0.1, -0.05) is 153 Å². The van der Waals surface area contributed by atoms with Crippen molar-refractivity contribution in [2.24, 2.45) is 0 Å². The summed E-state index contributed by atoms with van der Waals surface area (Å²) in [4.78, 5) is 10.5. The number of rotatable bonds is 4. The van der Waals surface area contributed by atoms with E-state index in [1.165, 1.54) is 32.8 Å². The highest BCUT2D eigenvalue weighted by atomic mass is 16.3. The summed E-state index contributed by atoms with van der Waals surface area (Å²) < 4.78 is 6.59. The maximum Gasteiger partial charge on any atom is 0.160 e. The van der Waals surface area contributed by atoms with Gasteiger partial charge in [0, 0.05) is 44.0 Å². The molecule has 10 rings (SSSR count). The zero-order chi connectivity index (χ0) is 33.4. The maximum atomic E-state index is 6.59. The Labute approximate surface area is 290 Å². The molecule has 0 unspecified atom stereocenters. The van der Waals surface area contributed by atoms with E-state index < -0.39 is 0 Å². The largest absolute Gasteiger partial charge is 0.455 e. The topological polar surface area (TPSA) is 38.9 Å². The third-order valence-electron chi connectivity index (χ3n) is 10.5. The number of aromatic nitrogens is 2. The lowest BCUT2D eigenvalue weighted by atomic mass is 9.80. The summed E-state index contributed by atoms with van der Waals surface area (Å²) in [6, 6.07) is 55.8. The van der Waals surface area contributed by atoms with Crippen molar-refractivity contribution in [3.05, 3.63) is 169 Å². The molecule has 0 fully saturated rings. The van der Waals surface area contributed by atoms with E-state index in [0.717, 1.165) is 67.1 Å². The molecule has 236 valence electrons. The molecule has 50 heavy (non-hydrogen) atoms. The van der Waals surface area contributed by atoms with E-state index in [1.54, 1.807) is 0 Å². The Bertz CT molecular complexity index is 2790. The Hall–Kier alpha value is -6.32. The summed E-state index contributed by atoms with van der Waals surface area (Å²) in [5.41, 5.74) is 13.8. The molecule has 0 saturated heterocycles. The molecule has 3 heteroatoms. The second kappa shape index (κ2) is 10.8. The fraction of sp³-hybridized carbons (Fsp3) is 0.0638. The predicted molar refractivity (Wildman–Crippen MR) is 206 cm³/mol. The lowest BCUT2D eigenvalue weighted by Gasteiger charge is -2.24. The number of hydrogen-bond donors (Lipinski definition) is 0. The van der Waals surface area contributed by atoms with Crippen LogP contribution in [0.5, 0.6) is 0 Å². The van der Waals surface area contributed by atoms with Crippen molar-refractivity contribution in [2.45, 2.75) is 19.3 Å². The van der Waals surface area contributed by atoms with Crippen LogP contribution in [0, 0.1) is 0 Å². The van der Waals surface area contributed by atoms with E-state index in [4.69, 9.17) is 14.4 Å². The molecule has 0 N–H and O–H groups in total. The van der Waals surface area contributed by atoms with Crippen molar-refractivity contribution in [1.82, 2.24) is 9.97 Å². The molecule has 0 saturated carbocycles. The molecule has 0 bridgehead atoms. The zero-order valence-corrected chi connectivity index (χ0v) is 27.8. The van der Waals surface area contributed by atoms with Crippen molar-refractivity contribution in [2.75, 3.05) is 0 Å². The molecule has 0 aliphatic heterocycles. The Morgan fingerprint density at radius 2 is 1.10 bits per heavy atom. The average molecular weight is 641 g/mol. The summed E-state index contributed by atoms with van der Waals surface area (Å²) in [7, 11) is 0. The molecule has 1 aliphatic carbocycles. The highest BCUT2D eigenvalue weighted by Gasteiger charge is 2.40. The molecular formula is C47H32N2O. The maximum absolute atomic E-state index is 6.59. The Balaban J connectivity index is 1.12. The third-order valence-corrected chi connectivity index (χ3v) is 10.5. The van der Waals surface area contributed by atoms with Crippen LogP contribution in [0.4, 0.5) is 0 Å². The summed E-state index contributed by atoms with van der Waals surface area (Å²) in [5.74, 6) is 0.742. The number of nitrogens with zero attached hydrogens (tertiary/aromatic N) is 2. The van der Waals surface area contributed by atoms with Gasteiger partial charge in [-0.3, -0.25) is 0 Å². The smallest absolute Gasteiger partial charge is 0.160 e. The second-order valence-corrected chi connectivity index (χ2v) is 13.8. The molecular weight excluding hydrogens is 609 g/mol. The normalized spacial score (nSPS) is 13.2. The van der Waals surface area contributed by atoms with Gasteiger partial charge in [0.25, 0.3) is 0 Å². The van der Waals surface area contributed by atoms with Crippen LogP contribution in [0.15, 0.2) is 162 Å². The molecule has 2 heterocycles. The minimum absolute atomic E-state index is 0.247. The van der Waals surface area contributed by atoms with Gasteiger partial charge in [0.1, 0.15) is 11.2 Å². The second-order valence-electron chi connectivity index (χ2n) is 13.8. The van der Waals surface area contributed by atoms with Crippen LogP contribution < -0.4 is 0 Å². The third kappa shape index (κ3) is 4.30. The molecule has 2 aromatic heterocycles. The fourth-order valence-corrected chi connectivity index (χ4v) is 8.05. The van der Waals surface area contributed by atoms with Gasteiger partial charge in [-0.25, -0.2) is 9.97 Å². The number of hydrogen-bond acceptors (Lipinski definition) is 3. The van der Waals surface area contributed by atoms with Crippen molar-refractivity contribution in [3.8, 4) is 56.2 Å². The van der Waals surface area contributed by atoms with Gasteiger partial charge in [-0.2, -0.15) is 0 Å². The quantitative estimate of drug-likeness (QED) is 0.192. The fourth-order valence-electron chi connectivity index (χ4n) is 8.05. The van der Waals surface area contributed by atoms with E-state index in [0.29, 0.717) is 0 Å². The summed E-state index contributed by atoms with van der Waals surface area (Å²) >= 11 is 0. The number of benzene rings is 7. The van der Waals surface area contributed by atoms with Gasteiger partial charge >= 0.3 is 0 Å². The van der Waals surface area contributed by atoms with Crippen LogP contribution in [0.1, 0.15) is 25.0 Å². The van der Waals surface area contributed by atoms with Crippen molar-refractivity contribution >= 4 is 32.7 Å². The van der Waals surface area contributed by atoms with Crippen LogP contribution >= 0.6 is 0 Å². The highest BCUT2D eigenvalue weighted by Crippen LogP contribution is 2.51. The summed E-state index contributed by atoms with van der Waals surface area (Å²) in [6.07, 6.45) is 0.